The zero-order valence-corrected chi connectivity index (χ0v) is 17.9. The van der Waals surface area contributed by atoms with E-state index in [1.54, 1.807) is 26.4 Å². The van der Waals surface area contributed by atoms with Gasteiger partial charge >= 0.3 is 0 Å². The maximum atomic E-state index is 12.6. The van der Waals surface area contributed by atoms with E-state index >= 15 is 0 Å². The lowest BCUT2D eigenvalue weighted by Gasteiger charge is -2.11. The van der Waals surface area contributed by atoms with Crippen molar-refractivity contribution in [2.45, 2.75) is 19.4 Å². The highest BCUT2D eigenvalue weighted by Gasteiger charge is 2.09. The number of hydrogen-bond donors (Lipinski definition) is 1. The van der Waals surface area contributed by atoms with E-state index in [2.05, 4.69) is 26.2 Å². The van der Waals surface area contributed by atoms with E-state index in [1.165, 1.54) is 10.9 Å². The van der Waals surface area contributed by atoms with Crippen molar-refractivity contribution in [3.05, 3.63) is 63.1 Å². The molecule has 29 heavy (non-hydrogen) atoms. The largest absolute Gasteiger partial charge is 0.497 e. The Morgan fingerprint density at radius 3 is 2.76 bits per heavy atom. The fourth-order valence-corrected chi connectivity index (χ4v) is 3.36. The van der Waals surface area contributed by atoms with Crippen LogP contribution in [0.4, 0.5) is 0 Å². The average molecular weight is 460 g/mol. The molecule has 0 saturated heterocycles. The van der Waals surface area contributed by atoms with Crippen LogP contribution in [0.3, 0.4) is 0 Å². The number of aromatic nitrogens is 2. The third kappa shape index (κ3) is 5.14. The Morgan fingerprint density at radius 2 is 2.00 bits per heavy atom. The molecule has 152 valence electrons. The lowest BCUT2D eigenvalue weighted by atomic mass is 10.1. The van der Waals surface area contributed by atoms with Gasteiger partial charge in [-0.1, -0.05) is 22.0 Å². The molecule has 0 bridgehead atoms. The number of ether oxygens (including phenoxy) is 2. The molecule has 0 radical (unpaired) electrons. The molecule has 3 rings (SSSR count). The first-order valence-electron chi connectivity index (χ1n) is 9.14. The Labute approximate surface area is 176 Å². The first-order valence-corrected chi connectivity index (χ1v) is 9.93. The van der Waals surface area contributed by atoms with Gasteiger partial charge in [-0.2, -0.15) is 0 Å². The quantitative estimate of drug-likeness (QED) is 0.559. The summed E-state index contributed by atoms with van der Waals surface area (Å²) >= 11 is 3.36. The molecule has 0 aliphatic heterocycles. The molecule has 0 saturated carbocycles. The summed E-state index contributed by atoms with van der Waals surface area (Å²) in [4.78, 5) is 29.0. The van der Waals surface area contributed by atoms with Crippen LogP contribution in [0.15, 0.2) is 52.0 Å². The Morgan fingerprint density at radius 1 is 1.17 bits per heavy atom. The molecular formula is C21H22BrN3O4. The lowest BCUT2D eigenvalue weighted by Crippen LogP contribution is -2.29. The molecule has 8 heteroatoms. The number of methoxy groups -OCH3 is 2. The van der Waals surface area contributed by atoms with Crippen LogP contribution in [-0.2, 0) is 17.8 Å². The molecule has 0 unspecified atom stereocenters. The lowest BCUT2D eigenvalue weighted by molar-refractivity contribution is -0.121. The molecule has 0 aliphatic rings. The summed E-state index contributed by atoms with van der Waals surface area (Å²) in [7, 11) is 3.20. The Bertz CT molecular complexity index is 1080. The summed E-state index contributed by atoms with van der Waals surface area (Å²) in [6, 6.07) is 11.0. The predicted octanol–water partition coefficient (Wildman–Crippen LogP) is 2.93. The van der Waals surface area contributed by atoms with E-state index in [0.717, 1.165) is 21.5 Å². The highest BCUT2D eigenvalue weighted by atomic mass is 79.9. The van der Waals surface area contributed by atoms with Crippen LogP contribution < -0.4 is 20.3 Å². The first-order chi connectivity index (χ1) is 14.0. The maximum absolute atomic E-state index is 12.6. The van der Waals surface area contributed by atoms with E-state index < -0.39 is 0 Å². The number of nitrogens with one attached hydrogen (secondary N) is 1. The number of hydrogen-bond acceptors (Lipinski definition) is 5. The number of carbonyl (C=O) groups is 1. The number of aryl methyl sites for hydroxylation is 1. The predicted molar refractivity (Wildman–Crippen MR) is 115 cm³/mol. The molecular weight excluding hydrogens is 438 g/mol. The maximum Gasteiger partial charge on any atom is 0.261 e. The van der Waals surface area contributed by atoms with Gasteiger partial charge in [-0.15, -0.1) is 0 Å². The van der Waals surface area contributed by atoms with E-state index in [1.807, 2.05) is 24.3 Å². The number of amides is 1. The minimum Gasteiger partial charge on any atom is -0.497 e. The molecule has 7 nitrogen and oxygen atoms in total. The number of rotatable bonds is 8. The molecule has 2 aromatic carbocycles. The second-order valence-corrected chi connectivity index (χ2v) is 7.35. The highest BCUT2D eigenvalue weighted by Crippen LogP contribution is 2.24. The third-order valence-electron chi connectivity index (χ3n) is 4.58. The highest BCUT2D eigenvalue weighted by molar-refractivity contribution is 9.10. The SMILES string of the molecule is COc1ccc(CCNC(=O)CCn2cnc3ccc(Br)cc3c2=O)c(OC)c1. The van der Waals surface area contributed by atoms with E-state index in [0.29, 0.717) is 23.9 Å². The third-order valence-corrected chi connectivity index (χ3v) is 5.07. The van der Waals surface area contributed by atoms with Crippen LogP contribution in [0.5, 0.6) is 11.5 Å². The van der Waals surface area contributed by atoms with Gasteiger partial charge in [0.1, 0.15) is 11.5 Å². The molecule has 1 heterocycles. The van der Waals surface area contributed by atoms with Crippen LogP contribution in [0, 0.1) is 0 Å². The normalized spacial score (nSPS) is 10.7. The van der Waals surface area contributed by atoms with E-state index in [4.69, 9.17) is 9.47 Å². The van der Waals surface area contributed by atoms with Gasteiger partial charge in [-0.05, 0) is 36.2 Å². The molecule has 0 aliphatic carbocycles. The summed E-state index contributed by atoms with van der Waals surface area (Å²) in [6.45, 7) is 0.741. The molecule has 0 fully saturated rings. The van der Waals surface area contributed by atoms with Crippen molar-refractivity contribution in [2.75, 3.05) is 20.8 Å². The van der Waals surface area contributed by atoms with Crippen molar-refractivity contribution in [1.82, 2.24) is 14.9 Å². The van der Waals surface area contributed by atoms with Crippen molar-refractivity contribution >= 4 is 32.7 Å². The van der Waals surface area contributed by atoms with Crippen molar-refractivity contribution in [3.63, 3.8) is 0 Å². The Balaban J connectivity index is 1.55. The summed E-state index contributed by atoms with van der Waals surface area (Å²) in [5.41, 5.74) is 1.45. The van der Waals surface area contributed by atoms with Gasteiger partial charge in [0, 0.05) is 30.0 Å². The number of fused-ring (bicyclic) bond motifs is 1. The van der Waals surface area contributed by atoms with Crippen molar-refractivity contribution < 1.29 is 14.3 Å². The fraction of sp³-hybridized carbons (Fsp3) is 0.286. The Hall–Kier alpha value is -2.87. The monoisotopic (exact) mass is 459 g/mol. The standard InChI is InChI=1S/C21H22BrN3O4/c1-28-16-5-3-14(19(12-16)29-2)7-9-23-20(26)8-10-25-13-24-18-6-4-15(22)11-17(18)21(25)27/h3-6,11-13H,7-10H2,1-2H3,(H,23,26). The molecule has 1 aromatic heterocycles. The minimum absolute atomic E-state index is 0.126. The molecule has 0 spiro atoms. The van der Waals surface area contributed by atoms with Gasteiger partial charge in [-0.3, -0.25) is 14.2 Å². The summed E-state index contributed by atoms with van der Waals surface area (Å²) < 4.78 is 12.8. The number of benzene rings is 2. The van der Waals surface area contributed by atoms with Gasteiger partial charge in [0.2, 0.25) is 5.91 Å². The molecule has 1 N–H and O–H groups in total. The average Bonchev–Trinajstić information content (AvgIpc) is 2.73. The number of nitrogens with zero attached hydrogens (tertiary/aromatic N) is 2. The summed E-state index contributed by atoms with van der Waals surface area (Å²) in [6.07, 6.45) is 2.30. The Kier molecular flexibility index (Phi) is 6.87. The van der Waals surface area contributed by atoms with Crippen molar-refractivity contribution in [2.24, 2.45) is 0 Å². The van der Waals surface area contributed by atoms with Gasteiger partial charge in [0.05, 0.1) is 31.4 Å². The second-order valence-electron chi connectivity index (χ2n) is 6.43. The van der Waals surface area contributed by atoms with Crippen LogP contribution in [-0.4, -0.2) is 36.2 Å². The van der Waals surface area contributed by atoms with Crippen LogP contribution in [0.2, 0.25) is 0 Å². The molecule has 0 atom stereocenters. The zero-order valence-electron chi connectivity index (χ0n) is 16.3. The van der Waals surface area contributed by atoms with Crippen LogP contribution in [0.1, 0.15) is 12.0 Å². The minimum atomic E-state index is -0.160. The smallest absolute Gasteiger partial charge is 0.261 e. The number of halogens is 1. The van der Waals surface area contributed by atoms with Crippen molar-refractivity contribution in [1.29, 1.82) is 0 Å². The second kappa shape index (κ2) is 9.56. The zero-order chi connectivity index (χ0) is 20.8. The van der Waals surface area contributed by atoms with Crippen molar-refractivity contribution in [3.8, 4) is 11.5 Å². The van der Waals surface area contributed by atoms with Crippen LogP contribution in [0.25, 0.3) is 10.9 Å². The summed E-state index contributed by atoms with van der Waals surface area (Å²) in [5, 5.41) is 3.40. The van der Waals surface area contributed by atoms with Gasteiger partial charge < -0.3 is 14.8 Å². The van der Waals surface area contributed by atoms with E-state index in [9.17, 15) is 9.59 Å². The molecule has 1 amide bonds. The molecule has 3 aromatic rings. The first kappa shape index (κ1) is 20.9. The van der Waals surface area contributed by atoms with Crippen LogP contribution >= 0.6 is 15.9 Å². The fourth-order valence-electron chi connectivity index (χ4n) is 3.00. The van der Waals surface area contributed by atoms with Gasteiger partial charge in [0.25, 0.3) is 5.56 Å². The number of carbonyl (C=O) groups excluding carboxylic acids is 1. The van der Waals surface area contributed by atoms with E-state index in [-0.39, 0.29) is 24.4 Å². The summed E-state index contributed by atoms with van der Waals surface area (Å²) in [5.74, 6) is 1.31. The van der Waals surface area contributed by atoms with Gasteiger partial charge in [0.15, 0.2) is 0 Å². The van der Waals surface area contributed by atoms with Gasteiger partial charge in [-0.25, -0.2) is 4.98 Å². The topological polar surface area (TPSA) is 82.5 Å².